The summed E-state index contributed by atoms with van der Waals surface area (Å²) in [5, 5.41) is 8.97. The van der Waals surface area contributed by atoms with E-state index in [-0.39, 0.29) is 5.92 Å². The molecule has 0 fully saturated rings. The van der Waals surface area contributed by atoms with Crippen molar-refractivity contribution in [2.75, 3.05) is 0 Å². The summed E-state index contributed by atoms with van der Waals surface area (Å²) in [5.41, 5.74) is 0.417. The maximum absolute atomic E-state index is 10.9. The van der Waals surface area contributed by atoms with Crippen LogP contribution >= 0.6 is 0 Å². The summed E-state index contributed by atoms with van der Waals surface area (Å²) in [5.74, 6) is -0.685. The third kappa shape index (κ3) is 1.29. The molecule has 2 heteroatoms. The Balaban J connectivity index is 2.99. The van der Waals surface area contributed by atoms with Crippen molar-refractivity contribution in [2.24, 2.45) is 11.3 Å². The van der Waals surface area contributed by atoms with Crippen molar-refractivity contribution >= 4 is 5.97 Å². The van der Waals surface area contributed by atoms with Crippen LogP contribution in [0.4, 0.5) is 0 Å². The monoisotopic (exact) mass is 166 g/mol. The summed E-state index contributed by atoms with van der Waals surface area (Å²) in [6.07, 6.45) is 5.64. The number of rotatable bonds is 1. The van der Waals surface area contributed by atoms with Gasteiger partial charge < -0.3 is 5.11 Å². The molecule has 12 heavy (non-hydrogen) atoms. The first-order chi connectivity index (χ1) is 5.47. The van der Waals surface area contributed by atoms with Gasteiger partial charge >= 0.3 is 5.97 Å². The van der Waals surface area contributed by atoms with Gasteiger partial charge in [-0.1, -0.05) is 30.7 Å². The van der Waals surface area contributed by atoms with E-state index in [1.165, 1.54) is 0 Å². The van der Waals surface area contributed by atoms with Crippen LogP contribution in [0.3, 0.4) is 0 Å². The van der Waals surface area contributed by atoms with Crippen LogP contribution in [0.15, 0.2) is 23.8 Å². The second-order valence-corrected chi connectivity index (χ2v) is 3.62. The maximum Gasteiger partial charge on any atom is 0.313 e. The van der Waals surface area contributed by atoms with Gasteiger partial charge in [-0.15, -0.1) is 0 Å². The zero-order valence-electron chi connectivity index (χ0n) is 7.66. The van der Waals surface area contributed by atoms with E-state index >= 15 is 0 Å². The lowest BCUT2D eigenvalue weighted by atomic mass is 9.74. The third-order valence-corrected chi connectivity index (χ3v) is 2.61. The number of aliphatic carboxylic acids is 1. The summed E-state index contributed by atoms with van der Waals surface area (Å²) in [6, 6.07) is 0. The molecule has 0 heterocycles. The smallest absolute Gasteiger partial charge is 0.313 e. The van der Waals surface area contributed by atoms with Gasteiger partial charge in [-0.2, -0.15) is 0 Å². The molecule has 0 aromatic heterocycles. The van der Waals surface area contributed by atoms with Gasteiger partial charge in [0.05, 0.1) is 5.41 Å². The molecule has 0 spiro atoms. The normalized spacial score (nSPS) is 34.6. The Labute approximate surface area is 72.6 Å². The number of hydrogen-bond acceptors (Lipinski definition) is 1. The van der Waals surface area contributed by atoms with Crippen molar-refractivity contribution in [1.29, 1.82) is 0 Å². The number of hydrogen-bond donors (Lipinski definition) is 1. The molecular weight excluding hydrogens is 152 g/mol. The van der Waals surface area contributed by atoms with Gasteiger partial charge in [0.15, 0.2) is 0 Å². The fraction of sp³-hybridized carbons (Fsp3) is 0.500. The summed E-state index contributed by atoms with van der Waals surface area (Å²) in [6.45, 7) is 5.66. The van der Waals surface area contributed by atoms with Gasteiger partial charge in [-0.05, 0) is 19.8 Å². The first-order valence-electron chi connectivity index (χ1n) is 4.08. The molecule has 2 atom stereocenters. The van der Waals surface area contributed by atoms with E-state index in [0.29, 0.717) is 0 Å². The van der Waals surface area contributed by atoms with Gasteiger partial charge in [0.1, 0.15) is 0 Å². The molecule has 0 saturated carbocycles. The van der Waals surface area contributed by atoms with Crippen LogP contribution in [-0.4, -0.2) is 11.1 Å². The summed E-state index contributed by atoms with van der Waals surface area (Å²) in [7, 11) is 0. The highest BCUT2D eigenvalue weighted by Crippen LogP contribution is 2.34. The van der Waals surface area contributed by atoms with Crippen LogP contribution in [0.25, 0.3) is 0 Å². The van der Waals surface area contributed by atoms with Crippen molar-refractivity contribution in [3.63, 3.8) is 0 Å². The van der Waals surface area contributed by atoms with E-state index in [4.69, 9.17) is 5.11 Å². The largest absolute Gasteiger partial charge is 0.481 e. The fourth-order valence-corrected chi connectivity index (χ4v) is 1.35. The van der Waals surface area contributed by atoms with Crippen molar-refractivity contribution in [3.8, 4) is 0 Å². The highest BCUT2D eigenvalue weighted by Gasteiger charge is 2.36. The van der Waals surface area contributed by atoms with E-state index in [1.807, 2.05) is 26.0 Å². The average molecular weight is 166 g/mol. The summed E-state index contributed by atoms with van der Waals surface area (Å²) >= 11 is 0. The second kappa shape index (κ2) is 2.77. The molecule has 0 bridgehead atoms. The van der Waals surface area contributed by atoms with E-state index < -0.39 is 11.4 Å². The van der Waals surface area contributed by atoms with Gasteiger partial charge in [-0.3, -0.25) is 4.79 Å². The lowest BCUT2D eigenvalue weighted by Gasteiger charge is -2.29. The maximum atomic E-state index is 10.9. The zero-order chi connectivity index (χ0) is 9.35. The van der Waals surface area contributed by atoms with Crippen LogP contribution in [0.1, 0.15) is 20.8 Å². The standard InChI is InChI=1S/C10H14O2/c1-7-4-5-10(3,9(11)12)8(2)6-7/h4-6,8H,1-3H3,(H,11,12). The number of carbonyl (C=O) groups is 1. The Morgan fingerprint density at radius 3 is 2.67 bits per heavy atom. The van der Waals surface area contributed by atoms with Gasteiger partial charge in [-0.25, -0.2) is 0 Å². The third-order valence-electron chi connectivity index (χ3n) is 2.61. The van der Waals surface area contributed by atoms with Crippen molar-refractivity contribution < 1.29 is 9.90 Å². The molecule has 0 saturated heterocycles. The average Bonchev–Trinajstić information content (AvgIpc) is 1.97. The highest BCUT2D eigenvalue weighted by molar-refractivity contribution is 5.78. The van der Waals surface area contributed by atoms with Crippen LogP contribution in [0, 0.1) is 11.3 Å². The molecule has 0 amide bonds. The molecule has 2 nitrogen and oxygen atoms in total. The van der Waals surface area contributed by atoms with Crippen LogP contribution < -0.4 is 0 Å². The van der Waals surface area contributed by atoms with E-state index in [1.54, 1.807) is 13.0 Å². The molecule has 0 aliphatic heterocycles. The molecule has 2 unspecified atom stereocenters. The lowest BCUT2D eigenvalue weighted by Crippen LogP contribution is -2.32. The predicted molar refractivity (Wildman–Crippen MR) is 47.8 cm³/mol. The second-order valence-electron chi connectivity index (χ2n) is 3.62. The van der Waals surface area contributed by atoms with Crippen LogP contribution in [-0.2, 0) is 4.79 Å². The Morgan fingerprint density at radius 2 is 2.25 bits per heavy atom. The molecule has 1 aliphatic carbocycles. The molecule has 1 N–H and O–H groups in total. The Kier molecular flexibility index (Phi) is 2.09. The molecule has 66 valence electrons. The van der Waals surface area contributed by atoms with Gasteiger partial charge in [0.2, 0.25) is 0 Å². The summed E-state index contributed by atoms with van der Waals surface area (Å²) < 4.78 is 0. The Bertz CT molecular complexity index is 263. The first kappa shape index (κ1) is 9.04. The van der Waals surface area contributed by atoms with Crippen LogP contribution in [0.2, 0.25) is 0 Å². The van der Waals surface area contributed by atoms with Crippen molar-refractivity contribution in [1.82, 2.24) is 0 Å². The Hall–Kier alpha value is -1.05. The molecule has 0 aromatic carbocycles. The molecule has 0 radical (unpaired) electrons. The predicted octanol–water partition coefficient (Wildman–Crippen LogP) is 2.23. The molecular formula is C10H14O2. The van der Waals surface area contributed by atoms with Crippen molar-refractivity contribution in [2.45, 2.75) is 20.8 Å². The fourth-order valence-electron chi connectivity index (χ4n) is 1.35. The Morgan fingerprint density at radius 1 is 1.67 bits per heavy atom. The highest BCUT2D eigenvalue weighted by atomic mass is 16.4. The van der Waals surface area contributed by atoms with E-state index in [0.717, 1.165) is 5.57 Å². The molecule has 0 aromatic rings. The SMILES string of the molecule is CC1=CC(C)C(C)(C(=O)O)C=C1. The topological polar surface area (TPSA) is 37.3 Å². The number of carboxylic acid groups (broad SMARTS) is 1. The van der Waals surface area contributed by atoms with Gasteiger partial charge in [0.25, 0.3) is 0 Å². The minimum absolute atomic E-state index is 0.0694. The number of carboxylic acids is 1. The molecule has 1 rings (SSSR count). The van der Waals surface area contributed by atoms with E-state index in [2.05, 4.69) is 0 Å². The van der Waals surface area contributed by atoms with Crippen molar-refractivity contribution in [3.05, 3.63) is 23.8 Å². The lowest BCUT2D eigenvalue weighted by molar-refractivity contribution is -0.146. The summed E-state index contributed by atoms with van der Waals surface area (Å²) in [4.78, 5) is 10.9. The number of allylic oxidation sites excluding steroid dienone is 3. The quantitative estimate of drug-likeness (QED) is 0.648. The minimum atomic E-state index is -0.755. The zero-order valence-corrected chi connectivity index (χ0v) is 7.66. The minimum Gasteiger partial charge on any atom is -0.481 e. The first-order valence-corrected chi connectivity index (χ1v) is 4.08. The van der Waals surface area contributed by atoms with E-state index in [9.17, 15) is 4.79 Å². The van der Waals surface area contributed by atoms with Gasteiger partial charge in [0, 0.05) is 0 Å². The van der Waals surface area contributed by atoms with Crippen LogP contribution in [0.5, 0.6) is 0 Å². The molecule has 1 aliphatic rings.